The standard InChI is InChI=1S/C16H17N3O4S/c1-3-7-17(9-13-5-4-6-14(8-13)19(22)23)15(20)10-18-12(2)11-24-16(18)21/h3-6,8,11H,1,7,9-10H2,2H3. The molecule has 0 unspecified atom stereocenters. The minimum atomic E-state index is -0.475. The second kappa shape index (κ2) is 7.69. The van der Waals surface area contributed by atoms with E-state index in [9.17, 15) is 19.7 Å². The zero-order chi connectivity index (χ0) is 17.7. The van der Waals surface area contributed by atoms with Gasteiger partial charge < -0.3 is 4.90 Å². The van der Waals surface area contributed by atoms with Gasteiger partial charge in [-0.1, -0.05) is 29.5 Å². The minimum absolute atomic E-state index is 0.0246. The fourth-order valence-electron chi connectivity index (χ4n) is 2.23. The van der Waals surface area contributed by atoms with Gasteiger partial charge in [-0.3, -0.25) is 24.3 Å². The van der Waals surface area contributed by atoms with Crippen molar-refractivity contribution in [2.24, 2.45) is 0 Å². The molecule has 0 aliphatic heterocycles. The zero-order valence-electron chi connectivity index (χ0n) is 13.2. The van der Waals surface area contributed by atoms with Gasteiger partial charge in [0, 0.05) is 36.3 Å². The van der Waals surface area contributed by atoms with Gasteiger partial charge in [0.1, 0.15) is 6.54 Å². The number of rotatable bonds is 7. The Morgan fingerprint density at radius 2 is 2.25 bits per heavy atom. The Hall–Kier alpha value is -2.74. The van der Waals surface area contributed by atoms with Gasteiger partial charge in [0.05, 0.1) is 4.92 Å². The van der Waals surface area contributed by atoms with Crippen molar-refractivity contribution < 1.29 is 9.72 Å². The summed E-state index contributed by atoms with van der Waals surface area (Å²) in [5.74, 6) is -0.245. The van der Waals surface area contributed by atoms with Crippen LogP contribution in [0.1, 0.15) is 11.3 Å². The van der Waals surface area contributed by atoms with E-state index in [2.05, 4.69) is 6.58 Å². The van der Waals surface area contributed by atoms with E-state index in [0.29, 0.717) is 12.1 Å². The summed E-state index contributed by atoms with van der Waals surface area (Å²) < 4.78 is 1.41. The normalized spacial score (nSPS) is 10.4. The molecule has 0 bridgehead atoms. The van der Waals surface area contributed by atoms with E-state index in [0.717, 1.165) is 17.0 Å². The Morgan fingerprint density at radius 1 is 1.50 bits per heavy atom. The lowest BCUT2D eigenvalue weighted by Crippen LogP contribution is -2.35. The molecule has 0 N–H and O–H groups in total. The van der Waals surface area contributed by atoms with Crippen LogP contribution in [0.4, 0.5) is 5.69 Å². The van der Waals surface area contributed by atoms with E-state index in [4.69, 9.17) is 0 Å². The fourth-order valence-corrected chi connectivity index (χ4v) is 2.96. The summed E-state index contributed by atoms with van der Waals surface area (Å²) in [6, 6.07) is 6.14. The lowest BCUT2D eigenvalue weighted by atomic mass is 10.2. The maximum absolute atomic E-state index is 12.5. The number of nitro benzene ring substituents is 1. The Morgan fingerprint density at radius 3 is 2.83 bits per heavy atom. The van der Waals surface area contributed by atoms with Gasteiger partial charge >= 0.3 is 4.87 Å². The van der Waals surface area contributed by atoms with Crippen LogP contribution in [0, 0.1) is 17.0 Å². The highest BCUT2D eigenvalue weighted by atomic mass is 32.1. The molecule has 0 aliphatic rings. The largest absolute Gasteiger partial charge is 0.333 e. The molecule has 7 nitrogen and oxygen atoms in total. The first-order chi connectivity index (χ1) is 11.4. The summed E-state index contributed by atoms with van der Waals surface area (Å²) in [5, 5.41) is 12.6. The zero-order valence-corrected chi connectivity index (χ0v) is 14.0. The molecule has 0 fully saturated rings. The number of carbonyl (C=O) groups excluding carboxylic acids is 1. The van der Waals surface area contributed by atoms with Crippen molar-refractivity contribution in [2.75, 3.05) is 6.54 Å². The van der Waals surface area contributed by atoms with Crippen molar-refractivity contribution in [1.82, 2.24) is 9.47 Å². The van der Waals surface area contributed by atoms with Crippen molar-refractivity contribution in [3.05, 3.63) is 73.3 Å². The number of nitrogens with zero attached hydrogens (tertiary/aromatic N) is 3. The van der Waals surface area contributed by atoms with Gasteiger partial charge in [-0.25, -0.2) is 0 Å². The Kier molecular flexibility index (Phi) is 5.64. The highest BCUT2D eigenvalue weighted by molar-refractivity contribution is 7.07. The predicted molar refractivity (Wildman–Crippen MR) is 92.0 cm³/mol. The molecule has 8 heteroatoms. The fraction of sp³-hybridized carbons (Fsp3) is 0.250. The van der Waals surface area contributed by atoms with Gasteiger partial charge in [-0.2, -0.15) is 0 Å². The van der Waals surface area contributed by atoms with E-state index in [-0.39, 0.29) is 29.6 Å². The highest BCUT2D eigenvalue weighted by Crippen LogP contribution is 2.15. The molecule has 1 amide bonds. The van der Waals surface area contributed by atoms with Gasteiger partial charge in [-0.05, 0) is 12.5 Å². The van der Waals surface area contributed by atoms with Crippen molar-refractivity contribution in [3.63, 3.8) is 0 Å². The lowest BCUT2D eigenvalue weighted by molar-refractivity contribution is -0.384. The highest BCUT2D eigenvalue weighted by Gasteiger charge is 2.17. The van der Waals surface area contributed by atoms with Crippen LogP contribution in [0.2, 0.25) is 0 Å². The lowest BCUT2D eigenvalue weighted by Gasteiger charge is -2.21. The van der Waals surface area contributed by atoms with Crippen LogP contribution in [-0.4, -0.2) is 26.8 Å². The maximum atomic E-state index is 12.5. The molecule has 1 aromatic heterocycles. The second-order valence-electron chi connectivity index (χ2n) is 5.22. The summed E-state index contributed by atoms with van der Waals surface area (Å²) in [4.78, 5) is 36.0. The molecule has 0 spiro atoms. The van der Waals surface area contributed by atoms with Gasteiger partial charge in [-0.15, -0.1) is 6.58 Å². The summed E-state index contributed by atoms with van der Waals surface area (Å²) >= 11 is 1.05. The van der Waals surface area contributed by atoms with Gasteiger partial charge in [0.15, 0.2) is 0 Å². The second-order valence-corrected chi connectivity index (χ2v) is 6.04. The summed E-state index contributed by atoms with van der Waals surface area (Å²) in [7, 11) is 0. The van der Waals surface area contributed by atoms with Crippen LogP contribution in [0.5, 0.6) is 0 Å². The third kappa shape index (κ3) is 4.17. The van der Waals surface area contributed by atoms with E-state index >= 15 is 0 Å². The SMILES string of the molecule is C=CCN(Cc1cccc([N+](=O)[O-])c1)C(=O)Cn1c(C)csc1=O. The molecule has 126 valence electrons. The Labute approximate surface area is 142 Å². The van der Waals surface area contributed by atoms with Crippen molar-refractivity contribution in [1.29, 1.82) is 0 Å². The maximum Gasteiger partial charge on any atom is 0.307 e. The monoisotopic (exact) mass is 347 g/mol. The van der Waals surface area contributed by atoms with E-state index < -0.39 is 4.92 Å². The molecule has 0 radical (unpaired) electrons. The quantitative estimate of drug-likeness (QED) is 0.437. The van der Waals surface area contributed by atoms with E-state index in [1.54, 1.807) is 30.5 Å². The molecule has 1 heterocycles. The number of hydrogen-bond acceptors (Lipinski definition) is 5. The average molecular weight is 347 g/mol. The van der Waals surface area contributed by atoms with Crippen LogP contribution in [0.3, 0.4) is 0 Å². The number of aryl methyl sites for hydroxylation is 1. The van der Waals surface area contributed by atoms with Crippen LogP contribution < -0.4 is 4.87 Å². The number of benzene rings is 1. The number of nitro groups is 1. The van der Waals surface area contributed by atoms with Crippen molar-refractivity contribution in [2.45, 2.75) is 20.0 Å². The van der Waals surface area contributed by atoms with Crippen molar-refractivity contribution in [3.8, 4) is 0 Å². The first-order valence-electron chi connectivity index (χ1n) is 7.19. The first-order valence-corrected chi connectivity index (χ1v) is 8.07. The smallest absolute Gasteiger partial charge is 0.307 e. The van der Waals surface area contributed by atoms with Crippen molar-refractivity contribution >= 4 is 22.9 Å². The minimum Gasteiger partial charge on any atom is -0.333 e. The van der Waals surface area contributed by atoms with E-state index in [1.807, 2.05) is 0 Å². The predicted octanol–water partition coefficient (Wildman–Crippen LogP) is 2.34. The molecular formula is C16H17N3O4S. The Balaban J connectivity index is 2.18. The van der Waals surface area contributed by atoms with E-state index in [1.165, 1.54) is 21.6 Å². The average Bonchev–Trinajstić information content (AvgIpc) is 2.86. The number of thiazole rings is 1. The summed E-state index contributed by atoms with van der Waals surface area (Å²) in [6.07, 6.45) is 1.58. The molecule has 2 aromatic rings. The summed E-state index contributed by atoms with van der Waals surface area (Å²) in [5.41, 5.74) is 1.35. The third-order valence-corrected chi connectivity index (χ3v) is 4.35. The number of aromatic nitrogens is 1. The molecule has 1 aromatic carbocycles. The number of non-ortho nitro benzene ring substituents is 1. The van der Waals surface area contributed by atoms with Gasteiger partial charge in [0.2, 0.25) is 5.91 Å². The molecule has 0 saturated heterocycles. The topological polar surface area (TPSA) is 85.4 Å². The molecule has 0 atom stereocenters. The Bertz CT molecular complexity index is 825. The van der Waals surface area contributed by atoms with Crippen LogP contribution in [-0.2, 0) is 17.9 Å². The molecular weight excluding hydrogens is 330 g/mol. The third-order valence-electron chi connectivity index (χ3n) is 3.47. The van der Waals surface area contributed by atoms with Gasteiger partial charge in [0.25, 0.3) is 5.69 Å². The summed E-state index contributed by atoms with van der Waals surface area (Å²) in [6.45, 7) is 5.85. The number of carbonyl (C=O) groups is 1. The molecule has 0 saturated carbocycles. The number of amides is 1. The molecule has 0 aliphatic carbocycles. The van der Waals surface area contributed by atoms with Crippen LogP contribution >= 0.6 is 11.3 Å². The van der Waals surface area contributed by atoms with Crippen LogP contribution in [0.25, 0.3) is 0 Å². The number of hydrogen-bond donors (Lipinski definition) is 0. The molecule has 2 rings (SSSR count). The van der Waals surface area contributed by atoms with Crippen LogP contribution in [0.15, 0.2) is 47.1 Å². The molecule has 24 heavy (non-hydrogen) atoms. The first kappa shape index (κ1) is 17.6.